The normalized spacial score (nSPS) is 15.9. The number of carbonyl (C=O) groups excluding carboxylic acids is 2. The lowest BCUT2D eigenvalue weighted by Gasteiger charge is -2.28. The van der Waals surface area contributed by atoms with Gasteiger partial charge in [-0.25, -0.2) is 14.2 Å². The molecule has 2 aromatic carbocycles. The van der Waals surface area contributed by atoms with Gasteiger partial charge < -0.3 is 15.0 Å². The maximum atomic E-state index is 14.4. The average molecular weight is 441 g/mol. The van der Waals surface area contributed by atoms with Crippen molar-refractivity contribution >= 4 is 17.6 Å². The van der Waals surface area contributed by atoms with Crippen LogP contribution in [0, 0.1) is 5.82 Å². The van der Waals surface area contributed by atoms with Gasteiger partial charge in [-0.05, 0) is 44.5 Å². The van der Waals surface area contributed by atoms with E-state index < -0.39 is 17.4 Å². The van der Waals surface area contributed by atoms with Gasteiger partial charge >= 0.3 is 6.03 Å². The third-order valence-electron chi connectivity index (χ3n) is 5.05. The zero-order valence-corrected chi connectivity index (χ0v) is 19.1. The number of methoxy groups -OCH3 is 1. The Labute approximate surface area is 187 Å². The van der Waals surface area contributed by atoms with E-state index in [-0.39, 0.29) is 18.5 Å². The van der Waals surface area contributed by atoms with Gasteiger partial charge in [-0.15, -0.1) is 0 Å². The molecule has 0 saturated heterocycles. The molecule has 7 nitrogen and oxygen atoms in total. The van der Waals surface area contributed by atoms with Gasteiger partial charge in [-0.1, -0.05) is 30.3 Å². The van der Waals surface area contributed by atoms with Crippen molar-refractivity contribution in [3.8, 4) is 5.75 Å². The minimum atomic E-state index is -0.427. The number of ether oxygens (including phenoxy) is 1. The van der Waals surface area contributed by atoms with Gasteiger partial charge in [0.1, 0.15) is 18.1 Å². The molecule has 1 atom stereocenters. The molecule has 8 heteroatoms. The molecular formula is C24H29FN4O3. The van der Waals surface area contributed by atoms with Crippen LogP contribution in [-0.4, -0.2) is 53.8 Å². The zero-order chi connectivity index (χ0) is 23.5. The van der Waals surface area contributed by atoms with Gasteiger partial charge in [0.2, 0.25) is 0 Å². The minimum absolute atomic E-state index is 0.164. The molecule has 1 heterocycles. The van der Waals surface area contributed by atoms with Crippen molar-refractivity contribution in [3.63, 3.8) is 0 Å². The van der Waals surface area contributed by atoms with Crippen molar-refractivity contribution in [3.05, 3.63) is 65.5 Å². The zero-order valence-electron chi connectivity index (χ0n) is 19.1. The highest BCUT2D eigenvalue weighted by atomic mass is 19.1. The summed E-state index contributed by atoms with van der Waals surface area (Å²) in [6, 6.07) is 12.9. The fourth-order valence-electron chi connectivity index (χ4n) is 3.45. The van der Waals surface area contributed by atoms with Crippen molar-refractivity contribution in [1.29, 1.82) is 0 Å². The van der Waals surface area contributed by atoms with Crippen molar-refractivity contribution < 1.29 is 18.7 Å². The number of amides is 3. The van der Waals surface area contributed by atoms with Gasteiger partial charge in [-0.3, -0.25) is 4.79 Å². The Morgan fingerprint density at radius 3 is 2.44 bits per heavy atom. The number of hydrogen-bond acceptors (Lipinski definition) is 4. The molecular weight excluding hydrogens is 411 g/mol. The molecule has 0 aromatic heterocycles. The van der Waals surface area contributed by atoms with E-state index in [1.165, 1.54) is 16.0 Å². The third-order valence-corrected chi connectivity index (χ3v) is 5.05. The Balaban J connectivity index is 1.87. The predicted molar refractivity (Wildman–Crippen MR) is 121 cm³/mol. The first-order chi connectivity index (χ1) is 15.1. The first kappa shape index (κ1) is 23.2. The van der Waals surface area contributed by atoms with E-state index in [0.29, 0.717) is 23.4 Å². The van der Waals surface area contributed by atoms with Gasteiger partial charge in [0.15, 0.2) is 0 Å². The van der Waals surface area contributed by atoms with E-state index in [9.17, 15) is 14.0 Å². The average Bonchev–Trinajstić information content (AvgIpc) is 3.18. The smallest absolute Gasteiger partial charge is 0.318 e. The number of rotatable bonds is 5. The maximum Gasteiger partial charge on any atom is 0.318 e. The second-order valence-corrected chi connectivity index (χ2v) is 8.79. The lowest BCUT2D eigenvalue weighted by Crippen LogP contribution is -2.49. The molecule has 3 rings (SSSR count). The van der Waals surface area contributed by atoms with Crippen LogP contribution in [0.5, 0.6) is 5.75 Å². The first-order valence-corrected chi connectivity index (χ1v) is 10.4. The molecule has 0 saturated carbocycles. The van der Waals surface area contributed by atoms with Crippen molar-refractivity contribution in [2.45, 2.75) is 38.8 Å². The van der Waals surface area contributed by atoms with E-state index in [1.54, 1.807) is 32.4 Å². The summed E-state index contributed by atoms with van der Waals surface area (Å²) in [5.74, 6) is -0.0575. The predicted octanol–water partition coefficient (Wildman–Crippen LogP) is 3.95. The standard InChI is InChI=1S/C24H29FN4O3/c1-24(2,3)26-23(31)28(4)15-22(30)29-21(16-10-12-17(32-5)13-11-16)14-20(27-29)18-8-6-7-9-19(18)25/h6-13,21H,14-15H2,1-5H3,(H,26,31)/t21-/m0/s1. The number of nitrogens with zero attached hydrogens (tertiary/aromatic N) is 3. The van der Waals surface area contributed by atoms with Gasteiger partial charge in [0.05, 0.1) is 18.9 Å². The topological polar surface area (TPSA) is 74.2 Å². The monoisotopic (exact) mass is 440 g/mol. The van der Waals surface area contributed by atoms with E-state index >= 15 is 0 Å². The highest BCUT2D eigenvalue weighted by molar-refractivity contribution is 6.03. The van der Waals surface area contributed by atoms with E-state index in [1.807, 2.05) is 45.0 Å². The minimum Gasteiger partial charge on any atom is -0.497 e. The molecule has 1 aliphatic rings. The Bertz CT molecular complexity index is 1010. The number of hydrogen-bond donors (Lipinski definition) is 1. The molecule has 1 aliphatic heterocycles. The van der Waals surface area contributed by atoms with Crippen LogP contribution >= 0.6 is 0 Å². The van der Waals surface area contributed by atoms with Gasteiger partial charge in [0, 0.05) is 24.6 Å². The highest BCUT2D eigenvalue weighted by Crippen LogP contribution is 2.34. The summed E-state index contributed by atoms with van der Waals surface area (Å²) in [4.78, 5) is 26.9. The number of likely N-dealkylation sites (N-methyl/N-ethyl adjacent to an activating group) is 1. The van der Waals surface area contributed by atoms with Crippen molar-refractivity contribution in [2.75, 3.05) is 20.7 Å². The summed E-state index contributed by atoms with van der Waals surface area (Å²) >= 11 is 0. The number of urea groups is 1. The number of hydrazone groups is 1. The van der Waals surface area contributed by atoms with Gasteiger partial charge in [-0.2, -0.15) is 5.10 Å². The van der Waals surface area contributed by atoms with E-state index in [0.717, 1.165) is 5.56 Å². The van der Waals surface area contributed by atoms with Crippen molar-refractivity contribution in [2.24, 2.45) is 5.10 Å². The van der Waals surface area contributed by atoms with Crippen LogP contribution < -0.4 is 10.1 Å². The second kappa shape index (κ2) is 9.38. The third kappa shape index (κ3) is 5.43. The Hall–Kier alpha value is -3.42. The summed E-state index contributed by atoms with van der Waals surface area (Å²) in [5.41, 5.74) is 1.26. The van der Waals surface area contributed by atoms with E-state index in [2.05, 4.69) is 10.4 Å². The summed E-state index contributed by atoms with van der Waals surface area (Å²) in [6.45, 7) is 5.44. The molecule has 1 N–H and O–H groups in total. The Morgan fingerprint density at radius 1 is 1.19 bits per heavy atom. The number of carbonyl (C=O) groups is 2. The molecule has 0 aliphatic carbocycles. The van der Waals surface area contributed by atoms with Gasteiger partial charge in [0.25, 0.3) is 5.91 Å². The molecule has 0 unspecified atom stereocenters. The SMILES string of the molecule is COc1ccc([C@@H]2CC(c3ccccc3F)=NN2C(=O)CN(C)C(=O)NC(C)(C)C)cc1. The molecule has 0 bridgehead atoms. The van der Waals surface area contributed by atoms with Crippen LogP contribution in [0.2, 0.25) is 0 Å². The van der Waals surface area contributed by atoms with Crippen LogP contribution in [0.25, 0.3) is 0 Å². The Kier molecular flexibility index (Phi) is 6.81. The van der Waals surface area contributed by atoms with Crippen LogP contribution in [0.3, 0.4) is 0 Å². The maximum absolute atomic E-state index is 14.4. The number of benzene rings is 2. The van der Waals surface area contributed by atoms with Crippen molar-refractivity contribution in [1.82, 2.24) is 15.2 Å². The molecule has 3 amide bonds. The fourth-order valence-corrected chi connectivity index (χ4v) is 3.45. The first-order valence-electron chi connectivity index (χ1n) is 10.4. The number of halogens is 1. The lowest BCUT2D eigenvalue weighted by atomic mass is 9.98. The van der Waals surface area contributed by atoms with Crippen LogP contribution in [0.15, 0.2) is 53.6 Å². The summed E-state index contributed by atoms with van der Waals surface area (Å²) in [6.07, 6.45) is 0.358. The van der Waals surface area contributed by atoms with Crippen LogP contribution in [-0.2, 0) is 4.79 Å². The molecule has 0 fully saturated rings. The summed E-state index contributed by atoms with van der Waals surface area (Å²) < 4.78 is 19.6. The van der Waals surface area contributed by atoms with Crippen LogP contribution in [0.4, 0.5) is 9.18 Å². The molecule has 0 radical (unpaired) electrons. The molecule has 32 heavy (non-hydrogen) atoms. The van der Waals surface area contributed by atoms with E-state index in [4.69, 9.17) is 4.74 Å². The van der Waals surface area contributed by atoms with Crippen LogP contribution in [0.1, 0.15) is 44.4 Å². The lowest BCUT2D eigenvalue weighted by molar-refractivity contribution is -0.133. The summed E-state index contributed by atoms with van der Waals surface area (Å²) in [5, 5.41) is 8.66. The Morgan fingerprint density at radius 2 is 1.84 bits per heavy atom. The largest absolute Gasteiger partial charge is 0.497 e. The summed E-state index contributed by atoms with van der Waals surface area (Å²) in [7, 11) is 3.14. The highest BCUT2D eigenvalue weighted by Gasteiger charge is 2.34. The molecule has 2 aromatic rings. The number of nitrogens with one attached hydrogen (secondary N) is 1. The molecule has 170 valence electrons. The second-order valence-electron chi connectivity index (χ2n) is 8.79. The molecule has 0 spiro atoms. The fraction of sp³-hybridized carbons (Fsp3) is 0.375. The quantitative estimate of drug-likeness (QED) is 0.765.